The molecule has 126 valence electrons. The van der Waals surface area contributed by atoms with E-state index in [2.05, 4.69) is 10.4 Å². The first-order chi connectivity index (χ1) is 12.1. The van der Waals surface area contributed by atoms with Gasteiger partial charge in [0.05, 0.1) is 23.9 Å². The number of aromatic nitrogens is 2. The topological polar surface area (TPSA) is 84.2 Å². The highest BCUT2D eigenvalue weighted by Crippen LogP contribution is 2.08. The summed E-state index contributed by atoms with van der Waals surface area (Å²) in [7, 11) is 0. The molecule has 1 aromatic heterocycles. The van der Waals surface area contributed by atoms with Crippen molar-refractivity contribution in [3.8, 4) is 5.69 Å². The monoisotopic (exact) mass is 335 g/mol. The number of carboxylic acids is 1. The van der Waals surface area contributed by atoms with Crippen molar-refractivity contribution in [3.63, 3.8) is 0 Å². The number of benzene rings is 2. The van der Waals surface area contributed by atoms with Crippen LogP contribution in [0.3, 0.4) is 0 Å². The summed E-state index contributed by atoms with van der Waals surface area (Å²) in [6.07, 6.45) is 3.74. The third kappa shape index (κ3) is 4.32. The number of aromatic carboxylic acids is 1. The predicted octanol–water partition coefficient (Wildman–Crippen LogP) is 2.43. The highest BCUT2D eigenvalue weighted by atomic mass is 16.4. The molecule has 0 aliphatic heterocycles. The zero-order valence-electron chi connectivity index (χ0n) is 13.4. The Morgan fingerprint density at radius 1 is 1.00 bits per heavy atom. The number of hydrogen-bond donors (Lipinski definition) is 2. The van der Waals surface area contributed by atoms with E-state index in [1.54, 1.807) is 23.0 Å². The average molecular weight is 335 g/mol. The smallest absolute Gasteiger partial charge is 0.335 e. The molecule has 0 saturated heterocycles. The van der Waals surface area contributed by atoms with E-state index in [0.717, 1.165) is 16.8 Å². The van der Waals surface area contributed by atoms with Crippen molar-refractivity contribution in [2.75, 3.05) is 0 Å². The molecule has 6 heteroatoms. The molecule has 1 amide bonds. The summed E-state index contributed by atoms with van der Waals surface area (Å²) in [5, 5.41) is 16.0. The van der Waals surface area contributed by atoms with E-state index in [0.29, 0.717) is 6.54 Å². The van der Waals surface area contributed by atoms with E-state index < -0.39 is 5.97 Å². The fraction of sp³-hybridized carbons (Fsp3) is 0.105. The molecule has 0 atom stereocenters. The second-order valence-corrected chi connectivity index (χ2v) is 5.58. The number of carbonyl (C=O) groups excluding carboxylic acids is 1. The Labute approximate surface area is 144 Å². The summed E-state index contributed by atoms with van der Waals surface area (Å²) >= 11 is 0. The first-order valence-corrected chi connectivity index (χ1v) is 7.80. The molecular weight excluding hydrogens is 318 g/mol. The third-order valence-electron chi connectivity index (χ3n) is 3.71. The lowest BCUT2D eigenvalue weighted by Gasteiger charge is -2.05. The average Bonchev–Trinajstić information content (AvgIpc) is 3.09. The Bertz CT molecular complexity index is 870. The number of rotatable bonds is 6. The van der Waals surface area contributed by atoms with Crippen molar-refractivity contribution in [1.29, 1.82) is 0 Å². The molecule has 25 heavy (non-hydrogen) atoms. The minimum absolute atomic E-state index is 0.116. The fourth-order valence-corrected chi connectivity index (χ4v) is 2.39. The van der Waals surface area contributed by atoms with Crippen LogP contribution in [0.25, 0.3) is 5.69 Å². The van der Waals surface area contributed by atoms with Crippen LogP contribution in [0.5, 0.6) is 0 Å². The Balaban J connectivity index is 1.54. The maximum absolute atomic E-state index is 12.1. The molecule has 0 fully saturated rings. The Morgan fingerprint density at radius 3 is 2.40 bits per heavy atom. The highest BCUT2D eigenvalue weighted by Gasteiger charge is 2.07. The van der Waals surface area contributed by atoms with Gasteiger partial charge in [0.2, 0.25) is 5.91 Å². The Hall–Kier alpha value is -3.41. The summed E-state index contributed by atoms with van der Waals surface area (Å²) in [4.78, 5) is 22.9. The lowest BCUT2D eigenvalue weighted by Crippen LogP contribution is -2.24. The highest BCUT2D eigenvalue weighted by molar-refractivity contribution is 5.87. The predicted molar refractivity (Wildman–Crippen MR) is 92.5 cm³/mol. The number of carbonyl (C=O) groups is 2. The minimum Gasteiger partial charge on any atom is -0.478 e. The van der Waals surface area contributed by atoms with Crippen LogP contribution in [0.4, 0.5) is 0 Å². The van der Waals surface area contributed by atoms with Crippen LogP contribution in [-0.2, 0) is 17.8 Å². The minimum atomic E-state index is -0.967. The molecular formula is C19H17N3O3. The molecule has 3 rings (SSSR count). The first-order valence-electron chi connectivity index (χ1n) is 7.80. The first kappa shape index (κ1) is 16.4. The summed E-state index contributed by atoms with van der Waals surface area (Å²) in [6, 6.07) is 16.1. The van der Waals surface area contributed by atoms with E-state index in [4.69, 9.17) is 5.11 Å². The Morgan fingerprint density at radius 2 is 1.72 bits per heavy atom. The van der Waals surface area contributed by atoms with Gasteiger partial charge in [-0.1, -0.05) is 30.3 Å². The fourth-order valence-electron chi connectivity index (χ4n) is 2.39. The van der Waals surface area contributed by atoms with Gasteiger partial charge in [-0.3, -0.25) is 4.79 Å². The van der Waals surface area contributed by atoms with E-state index in [1.807, 2.05) is 36.5 Å². The van der Waals surface area contributed by atoms with Crippen molar-refractivity contribution in [3.05, 3.63) is 83.7 Å². The second kappa shape index (κ2) is 7.44. The van der Waals surface area contributed by atoms with Crippen LogP contribution in [0.1, 0.15) is 21.5 Å². The van der Waals surface area contributed by atoms with Gasteiger partial charge >= 0.3 is 5.97 Å². The van der Waals surface area contributed by atoms with Crippen molar-refractivity contribution < 1.29 is 14.7 Å². The van der Waals surface area contributed by atoms with Gasteiger partial charge < -0.3 is 10.4 Å². The zero-order chi connectivity index (χ0) is 17.6. The molecule has 3 aromatic rings. The third-order valence-corrected chi connectivity index (χ3v) is 3.71. The zero-order valence-corrected chi connectivity index (χ0v) is 13.4. The molecule has 0 radical (unpaired) electrons. The molecule has 0 spiro atoms. The molecule has 0 saturated carbocycles. The van der Waals surface area contributed by atoms with Gasteiger partial charge in [0.1, 0.15) is 0 Å². The lowest BCUT2D eigenvalue weighted by atomic mass is 10.1. The molecule has 6 nitrogen and oxygen atoms in total. The van der Waals surface area contributed by atoms with E-state index in [9.17, 15) is 9.59 Å². The SMILES string of the molecule is O=C(Cc1cnn(-c2ccccc2)c1)NCc1ccc(C(=O)O)cc1. The van der Waals surface area contributed by atoms with Crippen LogP contribution in [-0.4, -0.2) is 26.8 Å². The van der Waals surface area contributed by atoms with E-state index in [1.165, 1.54) is 12.1 Å². The van der Waals surface area contributed by atoms with Gasteiger partial charge in [0.15, 0.2) is 0 Å². The van der Waals surface area contributed by atoms with Crippen molar-refractivity contribution in [1.82, 2.24) is 15.1 Å². The number of hydrogen-bond acceptors (Lipinski definition) is 3. The number of carboxylic acid groups (broad SMARTS) is 1. The molecule has 0 aliphatic carbocycles. The van der Waals surface area contributed by atoms with Gasteiger partial charge in [-0.15, -0.1) is 0 Å². The Kier molecular flexibility index (Phi) is 4.89. The van der Waals surface area contributed by atoms with Gasteiger partial charge in [-0.25, -0.2) is 9.48 Å². The number of nitrogens with one attached hydrogen (secondary N) is 1. The van der Waals surface area contributed by atoms with Gasteiger partial charge in [0, 0.05) is 12.7 Å². The summed E-state index contributed by atoms with van der Waals surface area (Å²) in [5.74, 6) is -1.08. The van der Waals surface area contributed by atoms with Crippen LogP contribution in [0, 0.1) is 0 Å². The maximum Gasteiger partial charge on any atom is 0.335 e. The normalized spacial score (nSPS) is 10.4. The molecule has 0 bridgehead atoms. The van der Waals surface area contributed by atoms with E-state index >= 15 is 0 Å². The molecule has 0 aliphatic rings. The summed E-state index contributed by atoms with van der Waals surface area (Å²) in [6.45, 7) is 0.353. The van der Waals surface area contributed by atoms with Gasteiger partial charge in [-0.05, 0) is 35.4 Å². The largest absolute Gasteiger partial charge is 0.478 e. The molecule has 1 heterocycles. The van der Waals surface area contributed by atoms with Crippen LogP contribution in [0.2, 0.25) is 0 Å². The number of amides is 1. The lowest BCUT2D eigenvalue weighted by molar-refractivity contribution is -0.120. The van der Waals surface area contributed by atoms with Crippen molar-refractivity contribution in [2.45, 2.75) is 13.0 Å². The molecule has 0 unspecified atom stereocenters. The van der Waals surface area contributed by atoms with Gasteiger partial charge in [-0.2, -0.15) is 5.10 Å². The maximum atomic E-state index is 12.1. The van der Waals surface area contributed by atoms with Crippen molar-refractivity contribution in [2.24, 2.45) is 0 Å². The van der Waals surface area contributed by atoms with Crippen LogP contribution in [0.15, 0.2) is 67.0 Å². The summed E-state index contributed by atoms with van der Waals surface area (Å²) < 4.78 is 1.73. The number of para-hydroxylation sites is 1. The standard InChI is InChI=1S/C19H17N3O3/c23-18(20-11-14-6-8-16(9-7-14)19(24)25)10-15-12-21-22(13-15)17-4-2-1-3-5-17/h1-9,12-13H,10-11H2,(H,20,23)(H,24,25). The molecule has 2 aromatic carbocycles. The van der Waals surface area contributed by atoms with E-state index in [-0.39, 0.29) is 17.9 Å². The summed E-state index contributed by atoms with van der Waals surface area (Å²) in [5.41, 5.74) is 2.83. The number of nitrogens with zero attached hydrogens (tertiary/aromatic N) is 2. The quantitative estimate of drug-likeness (QED) is 0.724. The van der Waals surface area contributed by atoms with Crippen LogP contribution < -0.4 is 5.32 Å². The van der Waals surface area contributed by atoms with Gasteiger partial charge in [0.25, 0.3) is 0 Å². The van der Waals surface area contributed by atoms with Crippen molar-refractivity contribution >= 4 is 11.9 Å². The molecule has 2 N–H and O–H groups in total. The second-order valence-electron chi connectivity index (χ2n) is 5.58. The van der Waals surface area contributed by atoms with Crippen LogP contribution >= 0.6 is 0 Å².